The van der Waals surface area contributed by atoms with Gasteiger partial charge in [-0.2, -0.15) is 0 Å². The van der Waals surface area contributed by atoms with Gasteiger partial charge in [-0.25, -0.2) is 9.18 Å². The molecule has 2 N–H and O–H groups in total. The van der Waals surface area contributed by atoms with E-state index in [1.165, 1.54) is 7.05 Å². The van der Waals surface area contributed by atoms with Crippen LogP contribution in [0.1, 0.15) is 19.8 Å². The minimum Gasteiger partial charge on any atom is -0.352 e. The Morgan fingerprint density at radius 3 is 2.85 bits per heavy atom. The molecular weight excluding hydrogens is 175 g/mol. The molecular formula is C8H15FN2O2. The van der Waals surface area contributed by atoms with E-state index in [2.05, 4.69) is 10.6 Å². The van der Waals surface area contributed by atoms with Crippen molar-refractivity contribution in [3.05, 3.63) is 0 Å². The smallest absolute Gasteiger partial charge is 0.316 e. The van der Waals surface area contributed by atoms with E-state index >= 15 is 0 Å². The molecule has 76 valence electrons. The summed E-state index contributed by atoms with van der Waals surface area (Å²) in [5, 5.41) is 4.74. The van der Waals surface area contributed by atoms with Crippen LogP contribution >= 0.6 is 0 Å². The normalized spacial score (nSPS) is 33.0. The van der Waals surface area contributed by atoms with Crippen molar-refractivity contribution < 1.29 is 13.9 Å². The number of carbonyl (C=O) groups excluding carboxylic acids is 1. The third-order valence-corrected chi connectivity index (χ3v) is 2.11. The maximum Gasteiger partial charge on any atom is 0.316 e. The van der Waals surface area contributed by atoms with Crippen molar-refractivity contribution in [2.75, 3.05) is 7.05 Å². The maximum atomic E-state index is 13.2. The van der Waals surface area contributed by atoms with E-state index in [-0.39, 0.29) is 6.10 Å². The van der Waals surface area contributed by atoms with E-state index in [9.17, 15) is 9.18 Å². The summed E-state index contributed by atoms with van der Waals surface area (Å²) in [5.74, 6) is 0. The highest BCUT2D eigenvalue weighted by Gasteiger charge is 2.35. The molecule has 0 aromatic rings. The van der Waals surface area contributed by atoms with Crippen LogP contribution in [0, 0.1) is 0 Å². The van der Waals surface area contributed by atoms with Crippen LogP contribution in [0.15, 0.2) is 0 Å². The molecule has 3 unspecified atom stereocenters. The lowest BCUT2D eigenvalue weighted by molar-refractivity contribution is 0.0138. The molecule has 3 atom stereocenters. The number of halogens is 1. The van der Waals surface area contributed by atoms with Crippen LogP contribution in [0.4, 0.5) is 9.18 Å². The van der Waals surface area contributed by atoms with Gasteiger partial charge in [-0.1, -0.05) is 6.92 Å². The van der Waals surface area contributed by atoms with Gasteiger partial charge in [-0.3, -0.25) is 0 Å². The van der Waals surface area contributed by atoms with Gasteiger partial charge in [0.05, 0.1) is 6.10 Å². The molecule has 0 aliphatic carbocycles. The molecule has 0 aromatic heterocycles. The van der Waals surface area contributed by atoms with Crippen molar-refractivity contribution in [1.29, 1.82) is 0 Å². The molecule has 0 saturated carbocycles. The summed E-state index contributed by atoms with van der Waals surface area (Å²) in [5.41, 5.74) is 0. The monoisotopic (exact) mass is 190 g/mol. The van der Waals surface area contributed by atoms with Crippen LogP contribution in [-0.4, -0.2) is 31.6 Å². The van der Waals surface area contributed by atoms with Gasteiger partial charge in [-0.15, -0.1) is 0 Å². The minimum atomic E-state index is -1.10. The first-order valence-corrected chi connectivity index (χ1v) is 4.45. The molecule has 1 saturated heterocycles. The average molecular weight is 190 g/mol. The van der Waals surface area contributed by atoms with Gasteiger partial charge in [0.2, 0.25) is 0 Å². The third-order valence-electron chi connectivity index (χ3n) is 2.11. The number of hydrogen-bond acceptors (Lipinski definition) is 2. The fourth-order valence-electron chi connectivity index (χ4n) is 1.31. The Bertz CT molecular complexity index is 189. The van der Waals surface area contributed by atoms with E-state index < -0.39 is 18.4 Å². The Balaban J connectivity index is 2.38. The molecule has 1 aliphatic rings. The van der Waals surface area contributed by atoms with Crippen LogP contribution in [0.5, 0.6) is 0 Å². The van der Waals surface area contributed by atoms with Crippen molar-refractivity contribution in [3.63, 3.8) is 0 Å². The highest BCUT2D eigenvalue weighted by molar-refractivity contribution is 5.73. The first kappa shape index (κ1) is 10.2. The lowest BCUT2D eigenvalue weighted by Gasteiger charge is -2.14. The van der Waals surface area contributed by atoms with E-state index in [1.54, 1.807) is 0 Å². The van der Waals surface area contributed by atoms with Crippen molar-refractivity contribution in [2.24, 2.45) is 0 Å². The zero-order valence-corrected chi connectivity index (χ0v) is 7.84. The van der Waals surface area contributed by atoms with Crippen LogP contribution in [-0.2, 0) is 4.74 Å². The summed E-state index contributed by atoms with van der Waals surface area (Å²) in [6, 6.07) is -0.413. The number of nitrogens with one attached hydrogen (secondary N) is 2. The zero-order valence-electron chi connectivity index (χ0n) is 7.84. The van der Waals surface area contributed by atoms with Gasteiger partial charge in [0.15, 0.2) is 6.23 Å². The summed E-state index contributed by atoms with van der Waals surface area (Å²) in [6.07, 6.45) is -0.818. The molecule has 1 heterocycles. The summed E-state index contributed by atoms with van der Waals surface area (Å²) < 4.78 is 18.4. The lowest BCUT2D eigenvalue weighted by Crippen LogP contribution is -2.44. The number of carbonyl (C=O) groups is 1. The Kier molecular flexibility index (Phi) is 3.48. The molecule has 0 aromatic carbocycles. The Hall–Kier alpha value is -0.840. The number of hydrogen-bond donors (Lipinski definition) is 2. The fraction of sp³-hybridized carbons (Fsp3) is 0.875. The Labute approximate surface area is 76.8 Å². The van der Waals surface area contributed by atoms with Crippen molar-refractivity contribution in [1.82, 2.24) is 10.6 Å². The van der Waals surface area contributed by atoms with Crippen molar-refractivity contribution in [2.45, 2.75) is 38.3 Å². The molecule has 1 fully saturated rings. The number of ether oxygens (including phenoxy) is 1. The van der Waals surface area contributed by atoms with E-state index in [0.29, 0.717) is 6.42 Å². The number of amides is 2. The van der Waals surface area contributed by atoms with Crippen LogP contribution in [0.3, 0.4) is 0 Å². The van der Waals surface area contributed by atoms with E-state index in [4.69, 9.17) is 4.74 Å². The molecule has 5 heteroatoms. The quantitative estimate of drug-likeness (QED) is 0.676. The van der Waals surface area contributed by atoms with Gasteiger partial charge in [0, 0.05) is 13.5 Å². The summed E-state index contributed by atoms with van der Waals surface area (Å²) >= 11 is 0. The average Bonchev–Trinajstić information content (AvgIpc) is 2.47. The second-order valence-corrected chi connectivity index (χ2v) is 3.06. The van der Waals surface area contributed by atoms with Crippen LogP contribution < -0.4 is 10.6 Å². The molecule has 0 spiro atoms. The van der Waals surface area contributed by atoms with Gasteiger partial charge in [-0.05, 0) is 6.42 Å². The maximum absolute atomic E-state index is 13.2. The molecule has 2 amide bonds. The molecule has 0 radical (unpaired) electrons. The molecule has 4 nitrogen and oxygen atoms in total. The Morgan fingerprint density at radius 1 is 1.69 bits per heavy atom. The van der Waals surface area contributed by atoms with Gasteiger partial charge in [0.25, 0.3) is 0 Å². The van der Waals surface area contributed by atoms with E-state index in [1.807, 2.05) is 6.92 Å². The first-order valence-electron chi connectivity index (χ1n) is 4.45. The van der Waals surface area contributed by atoms with Crippen LogP contribution in [0.2, 0.25) is 0 Å². The highest BCUT2D eigenvalue weighted by atomic mass is 19.1. The number of rotatable bonds is 2. The summed E-state index contributed by atoms with van der Waals surface area (Å²) in [6.45, 7) is 1.93. The number of urea groups is 1. The van der Waals surface area contributed by atoms with E-state index in [0.717, 1.165) is 6.42 Å². The summed E-state index contributed by atoms with van der Waals surface area (Å²) in [7, 11) is 1.48. The standard InChI is InChI=1S/C8H15FN2O2/c1-3-5-4-6(9)7(13-5)11-8(12)10-2/h5-7H,3-4H2,1-2H3,(H2,10,11,12). The van der Waals surface area contributed by atoms with Crippen molar-refractivity contribution in [3.8, 4) is 0 Å². The summed E-state index contributed by atoms with van der Waals surface area (Å²) in [4.78, 5) is 10.8. The molecule has 1 aliphatic heterocycles. The lowest BCUT2D eigenvalue weighted by atomic mass is 10.2. The molecule has 13 heavy (non-hydrogen) atoms. The minimum absolute atomic E-state index is 0.0721. The third kappa shape index (κ3) is 2.55. The Morgan fingerprint density at radius 2 is 2.38 bits per heavy atom. The first-order chi connectivity index (χ1) is 6.17. The second kappa shape index (κ2) is 4.41. The van der Waals surface area contributed by atoms with Gasteiger partial charge >= 0.3 is 6.03 Å². The second-order valence-electron chi connectivity index (χ2n) is 3.06. The highest BCUT2D eigenvalue weighted by Crippen LogP contribution is 2.23. The SMILES string of the molecule is CCC1CC(F)C(NC(=O)NC)O1. The zero-order chi connectivity index (χ0) is 9.84. The van der Waals surface area contributed by atoms with Gasteiger partial charge < -0.3 is 15.4 Å². The molecule has 0 bridgehead atoms. The van der Waals surface area contributed by atoms with Crippen LogP contribution in [0.25, 0.3) is 0 Å². The fourth-order valence-corrected chi connectivity index (χ4v) is 1.31. The van der Waals surface area contributed by atoms with Crippen molar-refractivity contribution >= 4 is 6.03 Å². The topological polar surface area (TPSA) is 50.4 Å². The van der Waals surface area contributed by atoms with Gasteiger partial charge in [0.1, 0.15) is 6.17 Å². The largest absolute Gasteiger partial charge is 0.352 e. The predicted octanol–water partition coefficient (Wildman–Crippen LogP) is 0.779. The number of alkyl halides is 1. The molecule has 1 rings (SSSR count). The predicted molar refractivity (Wildman–Crippen MR) is 46.1 cm³/mol.